The van der Waals surface area contributed by atoms with Crippen LogP contribution in [0.3, 0.4) is 0 Å². The van der Waals surface area contributed by atoms with Crippen molar-refractivity contribution in [3.63, 3.8) is 0 Å². The SMILES string of the molecule is Cc1nccnc1C1(C(=O)O)CC(O)C1. The zero-order valence-corrected chi connectivity index (χ0v) is 8.34. The van der Waals surface area contributed by atoms with E-state index in [1.165, 1.54) is 12.4 Å². The van der Waals surface area contributed by atoms with E-state index in [9.17, 15) is 15.0 Å². The molecule has 0 unspecified atom stereocenters. The number of rotatable bonds is 2. The van der Waals surface area contributed by atoms with Crippen LogP contribution in [0, 0.1) is 6.92 Å². The van der Waals surface area contributed by atoms with Crippen LogP contribution in [0.4, 0.5) is 0 Å². The number of aliphatic carboxylic acids is 1. The fraction of sp³-hybridized carbons (Fsp3) is 0.500. The van der Waals surface area contributed by atoms with Crippen LogP contribution < -0.4 is 0 Å². The maximum atomic E-state index is 11.2. The summed E-state index contributed by atoms with van der Waals surface area (Å²) in [6.45, 7) is 1.73. The Morgan fingerprint density at radius 3 is 2.53 bits per heavy atom. The van der Waals surface area contributed by atoms with Crippen LogP contribution in [0.5, 0.6) is 0 Å². The van der Waals surface area contributed by atoms with Crippen LogP contribution in [0.15, 0.2) is 12.4 Å². The lowest BCUT2D eigenvalue weighted by Gasteiger charge is -2.41. The fourth-order valence-electron chi connectivity index (χ4n) is 2.09. The van der Waals surface area contributed by atoms with Crippen molar-refractivity contribution in [3.05, 3.63) is 23.8 Å². The summed E-state index contributed by atoms with van der Waals surface area (Å²) in [4.78, 5) is 19.3. The van der Waals surface area contributed by atoms with Crippen LogP contribution in [-0.2, 0) is 10.2 Å². The third kappa shape index (κ3) is 1.39. The second-order valence-electron chi connectivity index (χ2n) is 3.94. The summed E-state index contributed by atoms with van der Waals surface area (Å²) in [5, 5.41) is 18.5. The predicted molar refractivity (Wildman–Crippen MR) is 51.3 cm³/mol. The number of hydrogen-bond acceptors (Lipinski definition) is 4. The number of aliphatic hydroxyl groups is 1. The molecule has 1 heterocycles. The van der Waals surface area contributed by atoms with E-state index in [4.69, 9.17) is 0 Å². The van der Waals surface area contributed by atoms with Gasteiger partial charge in [-0.15, -0.1) is 0 Å². The average molecular weight is 208 g/mol. The Balaban J connectivity index is 2.43. The van der Waals surface area contributed by atoms with E-state index in [1.54, 1.807) is 6.92 Å². The zero-order valence-electron chi connectivity index (χ0n) is 8.34. The second kappa shape index (κ2) is 3.27. The highest BCUT2D eigenvalue weighted by atomic mass is 16.4. The van der Waals surface area contributed by atoms with Crippen LogP contribution >= 0.6 is 0 Å². The van der Waals surface area contributed by atoms with Gasteiger partial charge >= 0.3 is 5.97 Å². The molecule has 0 bridgehead atoms. The van der Waals surface area contributed by atoms with E-state index < -0.39 is 17.5 Å². The van der Waals surface area contributed by atoms with Gasteiger partial charge in [-0.2, -0.15) is 0 Å². The number of hydrogen-bond donors (Lipinski definition) is 2. The van der Waals surface area contributed by atoms with Crippen molar-refractivity contribution in [1.82, 2.24) is 9.97 Å². The first-order valence-corrected chi connectivity index (χ1v) is 4.76. The molecular formula is C10H12N2O3. The third-order valence-electron chi connectivity index (χ3n) is 2.91. The van der Waals surface area contributed by atoms with Crippen molar-refractivity contribution in [2.45, 2.75) is 31.3 Å². The van der Waals surface area contributed by atoms with Gasteiger partial charge in [-0.25, -0.2) is 0 Å². The van der Waals surface area contributed by atoms with Gasteiger partial charge in [0.25, 0.3) is 0 Å². The summed E-state index contributed by atoms with van der Waals surface area (Å²) >= 11 is 0. The monoisotopic (exact) mass is 208 g/mol. The predicted octanol–water partition coefficient (Wildman–Crippen LogP) is 0.262. The highest BCUT2D eigenvalue weighted by Crippen LogP contribution is 2.43. The van der Waals surface area contributed by atoms with Gasteiger partial charge in [0.05, 0.1) is 17.5 Å². The number of nitrogens with zero attached hydrogens (tertiary/aromatic N) is 2. The van der Waals surface area contributed by atoms with Crippen molar-refractivity contribution in [1.29, 1.82) is 0 Å². The molecule has 80 valence electrons. The largest absolute Gasteiger partial charge is 0.481 e. The number of aromatic nitrogens is 2. The number of aliphatic hydroxyl groups excluding tert-OH is 1. The number of carboxylic acid groups (broad SMARTS) is 1. The van der Waals surface area contributed by atoms with Gasteiger partial charge in [0.2, 0.25) is 0 Å². The van der Waals surface area contributed by atoms with Gasteiger partial charge in [0, 0.05) is 12.4 Å². The first-order valence-electron chi connectivity index (χ1n) is 4.76. The Bertz CT molecular complexity index is 399. The summed E-state index contributed by atoms with van der Waals surface area (Å²) in [5.74, 6) is -0.934. The summed E-state index contributed by atoms with van der Waals surface area (Å²) in [6, 6.07) is 0. The molecule has 1 aliphatic rings. The lowest BCUT2D eigenvalue weighted by atomic mass is 9.64. The van der Waals surface area contributed by atoms with Crippen LogP contribution in [0.25, 0.3) is 0 Å². The van der Waals surface area contributed by atoms with Crippen LogP contribution in [0.2, 0.25) is 0 Å². The molecule has 1 fully saturated rings. The molecule has 1 aromatic heterocycles. The van der Waals surface area contributed by atoms with Crippen molar-refractivity contribution in [3.8, 4) is 0 Å². The standard InChI is InChI=1S/C10H12N2O3/c1-6-8(12-3-2-11-6)10(9(14)15)4-7(13)5-10/h2-3,7,13H,4-5H2,1H3,(H,14,15). The molecule has 0 radical (unpaired) electrons. The van der Waals surface area contributed by atoms with Crippen LogP contribution in [0.1, 0.15) is 24.2 Å². The van der Waals surface area contributed by atoms with Gasteiger partial charge in [-0.1, -0.05) is 0 Å². The van der Waals surface area contributed by atoms with Gasteiger partial charge in [0.1, 0.15) is 5.41 Å². The molecule has 0 aromatic carbocycles. The van der Waals surface area contributed by atoms with Gasteiger partial charge in [-0.3, -0.25) is 14.8 Å². The lowest BCUT2D eigenvalue weighted by molar-refractivity contribution is -0.153. The number of aryl methyl sites for hydroxylation is 1. The molecule has 0 atom stereocenters. The third-order valence-corrected chi connectivity index (χ3v) is 2.91. The summed E-state index contributed by atoms with van der Waals surface area (Å²) in [6.07, 6.45) is 2.92. The van der Waals surface area contributed by atoms with Crippen molar-refractivity contribution in [2.75, 3.05) is 0 Å². The van der Waals surface area contributed by atoms with E-state index in [0.717, 1.165) is 0 Å². The molecule has 0 saturated heterocycles. The van der Waals surface area contributed by atoms with E-state index in [0.29, 0.717) is 11.4 Å². The van der Waals surface area contributed by atoms with Crippen molar-refractivity contribution >= 4 is 5.97 Å². The molecule has 1 aromatic rings. The Labute approximate surface area is 86.8 Å². The number of carbonyl (C=O) groups is 1. The van der Waals surface area contributed by atoms with Crippen molar-refractivity contribution < 1.29 is 15.0 Å². The minimum Gasteiger partial charge on any atom is -0.481 e. The van der Waals surface area contributed by atoms with Gasteiger partial charge in [-0.05, 0) is 19.8 Å². The minimum atomic E-state index is -1.03. The Morgan fingerprint density at radius 1 is 1.47 bits per heavy atom. The molecule has 0 aliphatic heterocycles. The second-order valence-corrected chi connectivity index (χ2v) is 3.94. The maximum absolute atomic E-state index is 11.2. The Hall–Kier alpha value is -1.49. The first-order chi connectivity index (χ1) is 7.06. The zero-order chi connectivity index (χ0) is 11.1. The molecule has 5 heteroatoms. The summed E-state index contributed by atoms with van der Waals surface area (Å²) < 4.78 is 0. The smallest absolute Gasteiger partial charge is 0.316 e. The van der Waals surface area contributed by atoms with E-state index >= 15 is 0 Å². The van der Waals surface area contributed by atoms with Gasteiger partial charge < -0.3 is 10.2 Å². The highest BCUT2D eigenvalue weighted by molar-refractivity contribution is 5.82. The Morgan fingerprint density at radius 2 is 2.07 bits per heavy atom. The van der Waals surface area contributed by atoms with Crippen molar-refractivity contribution in [2.24, 2.45) is 0 Å². The molecule has 15 heavy (non-hydrogen) atoms. The number of carboxylic acids is 1. The van der Waals surface area contributed by atoms with E-state index in [-0.39, 0.29) is 12.8 Å². The highest BCUT2D eigenvalue weighted by Gasteiger charge is 2.53. The van der Waals surface area contributed by atoms with Gasteiger partial charge in [0.15, 0.2) is 0 Å². The van der Waals surface area contributed by atoms with E-state index in [1.807, 2.05) is 0 Å². The molecule has 2 N–H and O–H groups in total. The molecule has 0 spiro atoms. The first kappa shape index (κ1) is 10.0. The molecule has 0 amide bonds. The normalized spacial score (nSPS) is 29.6. The Kier molecular flexibility index (Phi) is 2.19. The quantitative estimate of drug-likeness (QED) is 0.728. The molecule has 1 aliphatic carbocycles. The summed E-state index contributed by atoms with van der Waals surface area (Å²) in [5.41, 5.74) is 0.0622. The lowest BCUT2D eigenvalue weighted by Crippen LogP contribution is -2.51. The average Bonchev–Trinajstić information content (AvgIpc) is 2.13. The molecular weight excluding hydrogens is 196 g/mol. The molecule has 2 rings (SSSR count). The van der Waals surface area contributed by atoms with Crippen LogP contribution in [-0.4, -0.2) is 32.3 Å². The topological polar surface area (TPSA) is 83.3 Å². The fourth-order valence-corrected chi connectivity index (χ4v) is 2.09. The maximum Gasteiger partial charge on any atom is 0.316 e. The summed E-state index contributed by atoms with van der Waals surface area (Å²) in [7, 11) is 0. The molecule has 1 saturated carbocycles. The minimum absolute atomic E-state index is 0.224. The molecule has 5 nitrogen and oxygen atoms in total. The van der Waals surface area contributed by atoms with E-state index in [2.05, 4.69) is 9.97 Å².